The SMILES string of the molecule is O=C1NC(c2c(F)cc(F)cc2F)CO1. The second-order valence-corrected chi connectivity index (χ2v) is 3.08. The number of hydrogen-bond donors (Lipinski definition) is 1. The molecule has 0 aromatic heterocycles. The topological polar surface area (TPSA) is 38.3 Å². The van der Waals surface area contributed by atoms with Gasteiger partial charge < -0.3 is 10.1 Å². The molecular weight excluding hydrogens is 211 g/mol. The minimum absolute atomic E-state index is 0.168. The highest BCUT2D eigenvalue weighted by molar-refractivity contribution is 5.70. The van der Waals surface area contributed by atoms with Gasteiger partial charge in [0.1, 0.15) is 24.1 Å². The van der Waals surface area contributed by atoms with E-state index in [1.54, 1.807) is 0 Å². The number of carbonyl (C=O) groups is 1. The van der Waals surface area contributed by atoms with Crippen molar-refractivity contribution in [2.45, 2.75) is 6.04 Å². The zero-order valence-electron chi connectivity index (χ0n) is 7.39. The number of alkyl carbamates (subject to hydrolysis) is 1. The molecule has 1 aromatic rings. The Labute approximate surface area is 82.8 Å². The predicted molar refractivity (Wildman–Crippen MR) is 43.5 cm³/mol. The maximum atomic E-state index is 13.2. The quantitative estimate of drug-likeness (QED) is 0.779. The Morgan fingerprint density at radius 2 is 1.87 bits per heavy atom. The van der Waals surface area contributed by atoms with Gasteiger partial charge in [-0.3, -0.25) is 0 Å². The van der Waals surface area contributed by atoms with E-state index in [9.17, 15) is 18.0 Å². The van der Waals surface area contributed by atoms with Gasteiger partial charge in [-0.15, -0.1) is 0 Å². The van der Waals surface area contributed by atoms with Crippen molar-refractivity contribution in [3.63, 3.8) is 0 Å². The molecule has 6 heteroatoms. The summed E-state index contributed by atoms with van der Waals surface area (Å²) in [6, 6.07) is 0.212. The standard InChI is InChI=1S/C9H6F3NO2/c10-4-1-5(11)8(6(12)2-4)7-3-15-9(14)13-7/h1-2,7H,3H2,(H,13,14). The molecule has 1 atom stereocenters. The van der Waals surface area contributed by atoms with Gasteiger partial charge in [-0.2, -0.15) is 0 Å². The number of rotatable bonds is 1. The van der Waals surface area contributed by atoms with Crippen LogP contribution in [0.25, 0.3) is 0 Å². The summed E-state index contributed by atoms with van der Waals surface area (Å²) in [6.07, 6.45) is -0.747. The van der Waals surface area contributed by atoms with E-state index in [2.05, 4.69) is 10.1 Å². The Balaban J connectivity index is 2.39. The van der Waals surface area contributed by atoms with E-state index in [4.69, 9.17) is 0 Å². The highest BCUT2D eigenvalue weighted by Crippen LogP contribution is 2.24. The summed E-state index contributed by atoms with van der Waals surface area (Å²) < 4.78 is 43.5. The van der Waals surface area contributed by atoms with Gasteiger partial charge in [-0.05, 0) is 0 Å². The second-order valence-electron chi connectivity index (χ2n) is 3.08. The number of halogens is 3. The van der Waals surface area contributed by atoms with Crippen molar-refractivity contribution in [2.24, 2.45) is 0 Å². The Morgan fingerprint density at radius 1 is 1.27 bits per heavy atom. The third-order valence-electron chi connectivity index (χ3n) is 2.07. The van der Waals surface area contributed by atoms with Crippen LogP contribution in [0.4, 0.5) is 18.0 Å². The molecule has 1 heterocycles. The Bertz CT molecular complexity index is 399. The van der Waals surface area contributed by atoms with Crippen molar-refractivity contribution in [1.29, 1.82) is 0 Å². The van der Waals surface area contributed by atoms with E-state index >= 15 is 0 Å². The van der Waals surface area contributed by atoms with Crippen LogP contribution in [-0.4, -0.2) is 12.7 Å². The van der Waals surface area contributed by atoms with Crippen molar-refractivity contribution in [2.75, 3.05) is 6.61 Å². The molecule has 1 aromatic carbocycles. The monoisotopic (exact) mass is 217 g/mol. The zero-order valence-corrected chi connectivity index (χ0v) is 7.39. The van der Waals surface area contributed by atoms with E-state index < -0.39 is 29.6 Å². The molecule has 15 heavy (non-hydrogen) atoms. The maximum Gasteiger partial charge on any atom is 0.407 e. The third kappa shape index (κ3) is 1.74. The smallest absolute Gasteiger partial charge is 0.407 e. The van der Waals surface area contributed by atoms with Crippen LogP contribution in [0.1, 0.15) is 11.6 Å². The molecular formula is C9H6F3NO2. The normalized spacial score (nSPS) is 19.9. The van der Waals surface area contributed by atoms with E-state index in [0.717, 1.165) is 0 Å². The van der Waals surface area contributed by atoms with Crippen LogP contribution in [-0.2, 0) is 4.74 Å². The lowest BCUT2D eigenvalue weighted by Crippen LogP contribution is -2.20. The van der Waals surface area contributed by atoms with Crippen LogP contribution in [0.2, 0.25) is 0 Å². The molecule has 0 spiro atoms. The van der Waals surface area contributed by atoms with Crippen molar-refractivity contribution in [1.82, 2.24) is 5.32 Å². The van der Waals surface area contributed by atoms with Gasteiger partial charge in [0.05, 0.1) is 6.04 Å². The Morgan fingerprint density at radius 3 is 2.33 bits per heavy atom. The van der Waals surface area contributed by atoms with Gasteiger partial charge in [-0.25, -0.2) is 18.0 Å². The average molecular weight is 217 g/mol. The molecule has 1 fully saturated rings. The van der Waals surface area contributed by atoms with Crippen molar-refractivity contribution in [3.05, 3.63) is 35.1 Å². The first kappa shape index (κ1) is 9.82. The molecule has 0 bridgehead atoms. The maximum absolute atomic E-state index is 13.2. The largest absolute Gasteiger partial charge is 0.447 e. The van der Waals surface area contributed by atoms with Gasteiger partial charge in [0.2, 0.25) is 0 Å². The van der Waals surface area contributed by atoms with E-state index in [1.807, 2.05) is 0 Å². The number of benzene rings is 1. The first-order valence-corrected chi connectivity index (χ1v) is 4.15. The fourth-order valence-electron chi connectivity index (χ4n) is 1.43. The first-order chi connectivity index (χ1) is 7.08. The second kappa shape index (κ2) is 3.45. The minimum Gasteiger partial charge on any atom is -0.447 e. The molecule has 1 saturated heterocycles. The molecule has 0 aliphatic carbocycles. The summed E-state index contributed by atoms with van der Waals surface area (Å²) in [5.41, 5.74) is -0.387. The number of carbonyl (C=O) groups excluding carboxylic acids is 1. The van der Waals surface area contributed by atoms with Crippen molar-refractivity contribution < 1.29 is 22.7 Å². The third-order valence-corrected chi connectivity index (χ3v) is 2.07. The van der Waals surface area contributed by atoms with E-state index in [1.165, 1.54) is 0 Å². The molecule has 0 radical (unpaired) electrons. The van der Waals surface area contributed by atoms with Gasteiger partial charge in [0, 0.05) is 17.7 Å². The summed E-state index contributed by atoms with van der Waals surface area (Å²) in [5, 5.41) is 2.21. The lowest BCUT2D eigenvalue weighted by Gasteiger charge is -2.09. The van der Waals surface area contributed by atoms with E-state index in [0.29, 0.717) is 12.1 Å². The number of amides is 1. The van der Waals surface area contributed by atoms with Gasteiger partial charge in [-0.1, -0.05) is 0 Å². The van der Waals surface area contributed by atoms with Gasteiger partial charge in [0.25, 0.3) is 0 Å². The summed E-state index contributed by atoms with van der Waals surface area (Å²) in [6.45, 7) is -0.168. The van der Waals surface area contributed by atoms with Crippen LogP contribution in [0.15, 0.2) is 12.1 Å². The first-order valence-electron chi connectivity index (χ1n) is 4.15. The van der Waals surface area contributed by atoms with Gasteiger partial charge in [0.15, 0.2) is 0 Å². The van der Waals surface area contributed by atoms with E-state index in [-0.39, 0.29) is 12.2 Å². The molecule has 1 aliphatic heterocycles. The minimum atomic E-state index is -1.04. The van der Waals surface area contributed by atoms with Crippen molar-refractivity contribution in [3.8, 4) is 0 Å². The van der Waals surface area contributed by atoms with Crippen molar-refractivity contribution >= 4 is 6.09 Å². The molecule has 2 rings (SSSR count). The molecule has 80 valence electrons. The zero-order chi connectivity index (χ0) is 11.0. The average Bonchev–Trinajstić information content (AvgIpc) is 2.49. The molecule has 1 unspecified atom stereocenters. The summed E-state index contributed by atoms with van der Waals surface area (Å²) in [5.74, 6) is -3.08. The molecule has 1 amide bonds. The molecule has 3 nitrogen and oxygen atoms in total. The van der Waals surface area contributed by atoms with Crippen LogP contribution < -0.4 is 5.32 Å². The number of nitrogens with one attached hydrogen (secondary N) is 1. The van der Waals surface area contributed by atoms with Crippen LogP contribution in [0.5, 0.6) is 0 Å². The number of ether oxygens (including phenoxy) is 1. The van der Waals surface area contributed by atoms with Crippen LogP contribution >= 0.6 is 0 Å². The predicted octanol–water partition coefficient (Wildman–Crippen LogP) is 1.88. The number of hydrogen-bond acceptors (Lipinski definition) is 2. The highest BCUT2D eigenvalue weighted by Gasteiger charge is 2.29. The van der Waals surface area contributed by atoms with Gasteiger partial charge >= 0.3 is 6.09 Å². The summed E-state index contributed by atoms with van der Waals surface area (Å²) in [7, 11) is 0. The lowest BCUT2D eigenvalue weighted by atomic mass is 10.1. The number of cyclic esters (lactones) is 1. The Kier molecular flexibility index (Phi) is 2.26. The summed E-state index contributed by atoms with van der Waals surface area (Å²) in [4.78, 5) is 10.7. The highest BCUT2D eigenvalue weighted by atomic mass is 19.1. The molecule has 0 saturated carbocycles. The lowest BCUT2D eigenvalue weighted by molar-refractivity contribution is 0.176. The van der Waals surface area contributed by atoms with Crippen LogP contribution in [0, 0.1) is 17.5 Å². The molecule has 1 N–H and O–H groups in total. The summed E-state index contributed by atoms with van der Waals surface area (Å²) >= 11 is 0. The Hall–Kier alpha value is -1.72. The van der Waals surface area contributed by atoms with Crippen LogP contribution in [0.3, 0.4) is 0 Å². The fraction of sp³-hybridized carbons (Fsp3) is 0.222. The fourth-order valence-corrected chi connectivity index (χ4v) is 1.43. The molecule has 1 aliphatic rings.